The van der Waals surface area contributed by atoms with Gasteiger partial charge in [-0.25, -0.2) is 0 Å². The molecule has 0 aromatic rings. The molecule has 3 aliphatic rings. The number of hydrogen-bond acceptors (Lipinski definition) is 2. The molecule has 1 nitrogen and oxygen atoms in total. The van der Waals surface area contributed by atoms with Crippen molar-refractivity contribution in [2.75, 3.05) is 0 Å². The second-order valence-electron chi connectivity index (χ2n) is 3.87. The van der Waals surface area contributed by atoms with Gasteiger partial charge in [-0.15, -0.1) is 11.8 Å². The molecular weight excluding hydrogens is 178 g/mol. The normalized spacial score (nSPS) is 46.2. The van der Waals surface area contributed by atoms with E-state index >= 15 is 0 Å². The standard InChI is InChI=1S/C11H13NS/c1-2-6-10-8(4-1)9-5-3-7-13-11(9)12-10/h1-4,6-12H,5H2. The number of hydrogen-bond donors (Lipinski definition) is 1. The van der Waals surface area contributed by atoms with Crippen molar-refractivity contribution in [3.05, 3.63) is 35.8 Å². The van der Waals surface area contributed by atoms with E-state index in [9.17, 15) is 0 Å². The molecule has 0 saturated carbocycles. The zero-order valence-electron chi connectivity index (χ0n) is 7.39. The Labute approximate surface area is 83.0 Å². The van der Waals surface area contributed by atoms with Crippen LogP contribution in [0.2, 0.25) is 0 Å². The zero-order chi connectivity index (χ0) is 8.67. The van der Waals surface area contributed by atoms with Gasteiger partial charge in [-0.1, -0.05) is 30.4 Å². The second-order valence-corrected chi connectivity index (χ2v) is 4.92. The summed E-state index contributed by atoms with van der Waals surface area (Å²) in [5, 5.41) is 6.55. The first kappa shape index (κ1) is 7.89. The molecule has 0 amide bonds. The molecule has 3 rings (SSSR count). The van der Waals surface area contributed by atoms with E-state index in [1.807, 2.05) is 11.8 Å². The third-order valence-electron chi connectivity index (χ3n) is 3.15. The second kappa shape index (κ2) is 3.03. The average molecular weight is 191 g/mol. The van der Waals surface area contributed by atoms with Gasteiger partial charge in [-0.2, -0.15) is 0 Å². The van der Waals surface area contributed by atoms with Crippen molar-refractivity contribution in [2.45, 2.75) is 17.8 Å². The van der Waals surface area contributed by atoms with E-state index in [0.29, 0.717) is 11.4 Å². The molecular formula is C11H13NS. The summed E-state index contributed by atoms with van der Waals surface area (Å²) in [6, 6.07) is 0.590. The third kappa shape index (κ3) is 1.20. The summed E-state index contributed by atoms with van der Waals surface area (Å²) >= 11 is 1.94. The first-order chi connectivity index (χ1) is 6.45. The summed E-state index contributed by atoms with van der Waals surface area (Å²) in [6.45, 7) is 0. The Morgan fingerprint density at radius 1 is 1.23 bits per heavy atom. The topological polar surface area (TPSA) is 12.0 Å². The molecule has 2 aliphatic heterocycles. The molecule has 1 saturated heterocycles. The molecule has 2 heterocycles. The lowest BCUT2D eigenvalue weighted by atomic mass is 9.85. The van der Waals surface area contributed by atoms with Gasteiger partial charge >= 0.3 is 0 Å². The Kier molecular flexibility index (Phi) is 1.84. The van der Waals surface area contributed by atoms with Crippen LogP contribution in [-0.2, 0) is 0 Å². The first-order valence-corrected chi connectivity index (χ1v) is 5.81. The first-order valence-electron chi connectivity index (χ1n) is 4.87. The minimum Gasteiger partial charge on any atom is -0.298 e. The van der Waals surface area contributed by atoms with Gasteiger partial charge in [-0.05, 0) is 17.7 Å². The predicted octanol–water partition coefficient (Wildman–Crippen LogP) is 2.29. The molecule has 1 N–H and O–H groups in total. The fourth-order valence-electron chi connectivity index (χ4n) is 2.49. The lowest BCUT2D eigenvalue weighted by Gasteiger charge is -2.23. The van der Waals surface area contributed by atoms with E-state index < -0.39 is 0 Å². The van der Waals surface area contributed by atoms with Crippen LogP contribution in [0.1, 0.15) is 6.42 Å². The summed E-state index contributed by atoms with van der Waals surface area (Å²) in [5.41, 5.74) is 0. The van der Waals surface area contributed by atoms with Gasteiger partial charge in [0.2, 0.25) is 0 Å². The summed E-state index contributed by atoms with van der Waals surface area (Å²) in [5.74, 6) is 1.54. The molecule has 68 valence electrons. The van der Waals surface area contributed by atoms with E-state index in [2.05, 4.69) is 41.1 Å². The van der Waals surface area contributed by atoms with Gasteiger partial charge in [0.15, 0.2) is 0 Å². The molecule has 1 aliphatic carbocycles. The lowest BCUT2D eigenvalue weighted by Crippen LogP contribution is -2.28. The van der Waals surface area contributed by atoms with Crippen molar-refractivity contribution in [2.24, 2.45) is 11.8 Å². The number of rotatable bonds is 0. The molecule has 4 unspecified atom stereocenters. The van der Waals surface area contributed by atoms with Crippen LogP contribution >= 0.6 is 11.8 Å². The van der Waals surface area contributed by atoms with Crippen LogP contribution < -0.4 is 5.32 Å². The maximum absolute atomic E-state index is 3.67. The average Bonchev–Trinajstić information content (AvgIpc) is 2.56. The van der Waals surface area contributed by atoms with Crippen LogP contribution in [0.25, 0.3) is 0 Å². The molecule has 0 spiro atoms. The van der Waals surface area contributed by atoms with Gasteiger partial charge in [0.25, 0.3) is 0 Å². The summed E-state index contributed by atoms with van der Waals surface area (Å²) in [6.07, 6.45) is 12.6. The minimum atomic E-state index is 0.590. The van der Waals surface area contributed by atoms with Crippen molar-refractivity contribution in [3.63, 3.8) is 0 Å². The van der Waals surface area contributed by atoms with Crippen LogP contribution in [0.3, 0.4) is 0 Å². The van der Waals surface area contributed by atoms with E-state index in [4.69, 9.17) is 0 Å². The van der Waals surface area contributed by atoms with Crippen LogP contribution in [0.5, 0.6) is 0 Å². The molecule has 2 heteroatoms. The summed E-state index contributed by atoms with van der Waals surface area (Å²) in [4.78, 5) is 0. The monoisotopic (exact) mass is 191 g/mol. The smallest absolute Gasteiger partial charge is 0.0616 e. The molecule has 1 fully saturated rings. The third-order valence-corrected chi connectivity index (χ3v) is 4.28. The Balaban J connectivity index is 1.89. The highest BCUT2D eigenvalue weighted by atomic mass is 32.2. The van der Waals surface area contributed by atoms with Crippen LogP contribution in [0.15, 0.2) is 35.8 Å². The summed E-state index contributed by atoms with van der Waals surface area (Å²) < 4.78 is 0. The predicted molar refractivity (Wildman–Crippen MR) is 57.3 cm³/mol. The fraction of sp³-hybridized carbons (Fsp3) is 0.455. The molecule has 13 heavy (non-hydrogen) atoms. The molecule has 0 radical (unpaired) electrons. The Bertz CT molecular complexity index is 292. The largest absolute Gasteiger partial charge is 0.298 e. The van der Waals surface area contributed by atoms with Crippen molar-refractivity contribution in [1.29, 1.82) is 0 Å². The highest BCUT2D eigenvalue weighted by Gasteiger charge is 2.41. The fourth-order valence-corrected chi connectivity index (χ4v) is 3.61. The maximum atomic E-state index is 3.67. The van der Waals surface area contributed by atoms with Crippen molar-refractivity contribution >= 4 is 11.8 Å². The van der Waals surface area contributed by atoms with Gasteiger partial charge in [0, 0.05) is 12.0 Å². The number of nitrogens with one attached hydrogen (secondary N) is 1. The Morgan fingerprint density at radius 2 is 2.15 bits per heavy atom. The van der Waals surface area contributed by atoms with E-state index in [1.54, 1.807) is 0 Å². The van der Waals surface area contributed by atoms with Crippen molar-refractivity contribution in [3.8, 4) is 0 Å². The molecule has 0 aromatic heterocycles. The SMILES string of the molecule is C1=CC2NC3SC=CCC3C2C=C1. The molecule has 0 bridgehead atoms. The number of allylic oxidation sites excluding steroid dienone is 3. The molecule has 0 aromatic carbocycles. The number of fused-ring (bicyclic) bond motifs is 3. The zero-order valence-corrected chi connectivity index (χ0v) is 8.21. The van der Waals surface area contributed by atoms with Gasteiger partial charge in [0.1, 0.15) is 0 Å². The quantitative estimate of drug-likeness (QED) is 0.630. The van der Waals surface area contributed by atoms with Gasteiger partial charge in [0.05, 0.1) is 5.37 Å². The van der Waals surface area contributed by atoms with Crippen LogP contribution in [0.4, 0.5) is 0 Å². The van der Waals surface area contributed by atoms with Gasteiger partial charge in [-0.3, -0.25) is 5.32 Å². The highest BCUT2D eigenvalue weighted by molar-refractivity contribution is 8.02. The van der Waals surface area contributed by atoms with Crippen molar-refractivity contribution < 1.29 is 0 Å². The van der Waals surface area contributed by atoms with Crippen LogP contribution in [-0.4, -0.2) is 11.4 Å². The lowest BCUT2D eigenvalue weighted by molar-refractivity contribution is 0.459. The van der Waals surface area contributed by atoms with E-state index in [-0.39, 0.29) is 0 Å². The minimum absolute atomic E-state index is 0.590. The van der Waals surface area contributed by atoms with E-state index in [1.165, 1.54) is 6.42 Å². The maximum Gasteiger partial charge on any atom is 0.0616 e. The van der Waals surface area contributed by atoms with Gasteiger partial charge < -0.3 is 0 Å². The summed E-state index contributed by atoms with van der Waals surface area (Å²) in [7, 11) is 0. The number of thioether (sulfide) groups is 1. The Hall–Kier alpha value is -0.470. The van der Waals surface area contributed by atoms with Crippen molar-refractivity contribution in [1.82, 2.24) is 5.32 Å². The van der Waals surface area contributed by atoms with Crippen LogP contribution in [0, 0.1) is 11.8 Å². The Morgan fingerprint density at radius 3 is 3.15 bits per heavy atom. The van der Waals surface area contributed by atoms with E-state index in [0.717, 1.165) is 11.8 Å². The highest BCUT2D eigenvalue weighted by Crippen LogP contribution is 2.41. The molecule has 4 atom stereocenters.